The maximum Gasteiger partial charge on any atom is 0.319 e. The lowest BCUT2D eigenvalue weighted by Crippen LogP contribution is -2.41. The van der Waals surface area contributed by atoms with E-state index in [1.54, 1.807) is 18.2 Å². The summed E-state index contributed by atoms with van der Waals surface area (Å²) in [6, 6.07) is 17.3. The van der Waals surface area contributed by atoms with Gasteiger partial charge in [0.15, 0.2) is 0 Å². The van der Waals surface area contributed by atoms with Gasteiger partial charge in [-0.25, -0.2) is 4.79 Å². The average molecular weight is 378 g/mol. The summed E-state index contributed by atoms with van der Waals surface area (Å²) in [7, 11) is 1.52. The highest BCUT2D eigenvalue weighted by molar-refractivity contribution is 5.89. The summed E-state index contributed by atoms with van der Waals surface area (Å²) in [6.45, 7) is 3.67. The third kappa shape index (κ3) is 5.48. The number of ether oxygens (including phenoxy) is 1. The Balaban J connectivity index is 1.47. The highest BCUT2D eigenvalue weighted by Crippen LogP contribution is 2.22. The van der Waals surface area contributed by atoms with Gasteiger partial charge >= 0.3 is 6.03 Å². The number of carbonyl (C=O) groups excluding carboxylic acids is 1. The second-order valence-electron chi connectivity index (χ2n) is 7.09. The number of urea groups is 1. The summed E-state index contributed by atoms with van der Waals surface area (Å²) in [5, 5.41) is 14.9. The van der Waals surface area contributed by atoms with Gasteiger partial charge in [-0.2, -0.15) is 5.26 Å². The fraction of sp³-hybridized carbons (Fsp3) is 0.364. The van der Waals surface area contributed by atoms with E-state index in [1.807, 2.05) is 6.07 Å². The summed E-state index contributed by atoms with van der Waals surface area (Å²) in [6.07, 6.45) is 2.26. The molecule has 0 aromatic heterocycles. The van der Waals surface area contributed by atoms with Gasteiger partial charge < -0.3 is 15.4 Å². The average Bonchev–Trinajstić information content (AvgIpc) is 2.73. The Hall–Kier alpha value is -3.04. The number of nitrogens with one attached hydrogen (secondary N) is 2. The standard InChI is InChI=1S/C22H26N4O2/c1-28-21-10-9-20(12-19(21)13-23)25-22(27)24-14-18-8-5-11-26(16-18)15-17-6-3-2-4-7-17/h2-4,6-7,9-10,12,18H,5,8,11,14-16H2,1H3,(H2,24,25,27)/t18-/m1/s1. The molecule has 2 aromatic carbocycles. The molecule has 0 spiro atoms. The van der Waals surface area contributed by atoms with Crippen LogP contribution in [0.4, 0.5) is 10.5 Å². The second-order valence-corrected chi connectivity index (χ2v) is 7.09. The largest absolute Gasteiger partial charge is 0.495 e. The molecule has 0 saturated carbocycles. The molecule has 2 amide bonds. The summed E-state index contributed by atoms with van der Waals surface area (Å²) in [5.41, 5.74) is 2.29. The minimum Gasteiger partial charge on any atom is -0.495 e. The van der Waals surface area contributed by atoms with E-state index in [1.165, 1.54) is 12.7 Å². The number of amides is 2. The Bertz CT molecular complexity index is 832. The molecule has 2 aromatic rings. The zero-order valence-corrected chi connectivity index (χ0v) is 16.1. The van der Waals surface area contributed by atoms with Crippen molar-refractivity contribution >= 4 is 11.7 Å². The monoisotopic (exact) mass is 378 g/mol. The van der Waals surface area contributed by atoms with Gasteiger partial charge in [-0.05, 0) is 49.1 Å². The molecule has 0 aliphatic carbocycles. The lowest BCUT2D eigenvalue weighted by Gasteiger charge is -2.32. The first-order valence-corrected chi connectivity index (χ1v) is 9.57. The Morgan fingerprint density at radius 2 is 2.11 bits per heavy atom. The van der Waals surface area contributed by atoms with E-state index in [2.05, 4.69) is 45.9 Å². The van der Waals surface area contributed by atoms with Crippen molar-refractivity contribution in [3.63, 3.8) is 0 Å². The van der Waals surface area contributed by atoms with Crippen LogP contribution in [0.3, 0.4) is 0 Å². The van der Waals surface area contributed by atoms with Crippen molar-refractivity contribution in [2.45, 2.75) is 19.4 Å². The summed E-state index contributed by atoms with van der Waals surface area (Å²) >= 11 is 0. The molecule has 146 valence electrons. The molecule has 0 radical (unpaired) electrons. The molecular formula is C22H26N4O2. The van der Waals surface area contributed by atoms with Crippen LogP contribution in [-0.4, -0.2) is 37.7 Å². The van der Waals surface area contributed by atoms with Gasteiger partial charge in [-0.1, -0.05) is 30.3 Å². The molecule has 0 unspecified atom stereocenters. The number of piperidine rings is 1. The topological polar surface area (TPSA) is 77.4 Å². The van der Waals surface area contributed by atoms with Crippen LogP contribution in [-0.2, 0) is 6.54 Å². The van der Waals surface area contributed by atoms with E-state index in [9.17, 15) is 4.79 Å². The molecule has 3 rings (SSSR count). The number of methoxy groups -OCH3 is 1. The number of hydrogen-bond acceptors (Lipinski definition) is 4. The van der Waals surface area contributed by atoms with Crippen molar-refractivity contribution in [3.8, 4) is 11.8 Å². The summed E-state index contributed by atoms with van der Waals surface area (Å²) in [4.78, 5) is 14.7. The van der Waals surface area contributed by atoms with Crippen LogP contribution in [0.5, 0.6) is 5.75 Å². The molecule has 28 heavy (non-hydrogen) atoms. The van der Waals surface area contributed by atoms with Crippen molar-refractivity contribution in [1.82, 2.24) is 10.2 Å². The molecule has 1 aliphatic rings. The third-order valence-corrected chi connectivity index (χ3v) is 4.98. The highest BCUT2D eigenvalue weighted by Gasteiger charge is 2.20. The number of nitrogens with zero attached hydrogens (tertiary/aromatic N) is 2. The fourth-order valence-corrected chi connectivity index (χ4v) is 3.59. The predicted octanol–water partition coefficient (Wildman–Crippen LogP) is 3.60. The van der Waals surface area contributed by atoms with Crippen LogP contribution >= 0.6 is 0 Å². The van der Waals surface area contributed by atoms with Gasteiger partial charge in [0.2, 0.25) is 0 Å². The van der Waals surface area contributed by atoms with E-state index in [0.717, 1.165) is 32.5 Å². The van der Waals surface area contributed by atoms with E-state index in [0.29, 0.717) is 29.5 Å². The van der Waals surface area contributed by atoms with E-state index < -0.39 is 0 Å². The number of rotatable bonds is 6. The SMILES string of the molecule is COc1ccc(NC(=O)NC[C@H]2CCCN(Cc3ccccc3)C2)cc1C#N. The minimum absolute atomic E-state index is 0.255. The number of carbonyl (C=O) groups is 1. The van der Waals surface area contributed by atoms with Crippen LogP contribution in [0.25, 0.3) is 0 Å². The highest BCUT2D eigenvalue weighted by atomic mass is 16.5. The smallest absolute Gasteiger partial charge is 0.319 e. The first-order valence-electron chi connectivity index (χ1n) is 9.57. The zero-order valence-electron chi connectivity index (χ0n) is 16.1. The molecule has 1 fully saturated rings. The lowest BCUT2D eigenvalue weighted by molar-refractivity contribution is 0.166. The Morgan fingerprint density at radius 3 is 2.86 bits per heavy atom. The summed E-state index contributed by atoms with van der Waals surface area (Å²) in [5.74, 6) is 0.933. The molecule has 6 heteroatoms. The van der Waals surface area contributed by atoms with E-state index in [4.69, 9.17) is 10.00 Å². The van der Waals surface area contributed by atoms with Gasteiger partial charge in [-0.3, -0.25) is 4.90 Å². The predicted molar refractivity (Wildman–Crippen MR) is 109 cm³/mol. The molecule has 2 N–H and O–H groups in total. The number of anilines is 1. The molecule has 0 bridgehead atoms. The Labute approximate surface area is 166 Å². The number of likely N-dealkylation sites (tertiary alicyclic amines) is 1. The van der Waals surface area contributed by atoms with Crippen molar-refractivity contribution in [2.24, 2.45) is 5.92 Å². The molecule has 6 nitrogen and oxygen atoms in total. The van der Waals surface area contributed by atoms with Crippen LogP contribution in [0.2, 0.25) is 0 Å². The molecule has 1 atom stereocenters. The maximum absolute atomic E-state index is 12.2. The van der Waals surface area contributed by atoms with Crippen molar-refractivity contribution in [1.29, 1.82) is 5.26 Å². The van der Waals surface area contributed by atoms with Crippen LogP contribution < -0.4 is 15.4 Å². The first kappa shape index (κ1) is 19.7. The van der Waals surface area contributed by atoms with Gasteiger partial charge in [0.25, 0.3) is 0 Å². The first-order chi connectivity index (χ1) is 13.7. The number of hydrogen-bond donors (Lipinski definition) is 2. The molecule has 1 heterocycles. The van der Waals surface area contributed by atoms with Crippen molar-refractivity contribution in [3.05, 3.63) is 59.7 Å². The maximum atomic E-state index is 12.2. The van der Waals surface area contributed by atoms with Gasteiger partial charge in [-0.15, -0.1) is 0 Å². The molecular weight excluding hydrogens is 352 g/mol. The fourth-order valence-electron chi connectivity index (χ4n) is 3.59. The van der Waals surface area contributed by atoms with Crippen molar-refractivity contribution < 1.29 is 9.53 Å². The van der Waals surface area contributed by atoms with Crippen molar-refractivity contribution in [2.75, 3.05) is 32.1 Å². The van der Waals surface area contributed by atoms with Crippen LogP contribution in [0, 0.1) is 17.2 Å². The van der Waals surface area contributed by atoms with Gasteiger partial charge in [0.05, 0.1) is 12.7 Å². The quantitative estimate of drug-likeness (QED) is 0.805. The van der Waals surface area contributed by atoms with Gasteiger partial charge in [0, 0.05) is 25.3 Å². The zero-order chi connectivity index (χ0) is 19.8. The van der Waals surface area contributed by atoms with Crippen LogP contribution in [0.1, 0.15) is 24.0 Å². The van der Waals surface area contributed by atoms with Gasteiger partial charge in [0.1, 0.15) is 11.8 Å². The molecule has 1 aliphatic heterocycles. The minimum atomic E-state index is -0.255. The second kappa shape index (κ2) is 9.77. The Kier molecular flexibility index (Phi) is 6.88. The number of nitriles is 1. The van der Waals surface area contributed by atoms with Crippen LogP contribution in [0.15, 0.2) is 48.5 Å². The molecule has 1 saturated heterocycles. The van der Waals surface area contributed by atoms with E-state index >= 15 is 0 Å². The lowest BCUT2D eigenvalue weighted by atomic mass is 9.97. The van der Waals surface area contributed by atoms with E-state index in [-0.39, 0.29) is 6.03 Å². The normalized spacial score (nSPS) is 16.8. The summed E-state index contributed by atoms with van der Waals surface area (Å²) < 4.78 is 5.12. The number of benzene rings is 2. The third-order valence-electron chi connectivity index (χ3n) is 4.98. The Morgan fingerprint density at radius 1 is 1.29 bits per heavy atom.